The highest BCUT2D eigenvalue weighted by Gasteiger charge is 2.31. The molecule has 1 unspecified atom stereocenters. The van der Waals surface area contributed by atoms with Crippen molar-refractivity contribution in [3.05, 3.63) is 54.1 Å². The summed E-state index contributed by atoms with van der Waals surface area (Å²) in [4.78, 5) is 26.3. The van der Waals surface area contributed by atoms with E-state index in [0.717, 1.165) is 11.3 Å². The number of hydrogen-bond acceptors (Lipinski definition) is 4. The Morgan fingerprint density at radius 1 is 1.24 bits per heavy atom. The molecule has 1 heterocycles. The van der Waals surface area contributed by atoms with E-state index in [1.54, 1.807) is 11.8 Å². The van der Waals surface area contributed by atoms with E-state index in [2.05, 4.69) is 11.2 Å². The Balaban J connectivity index is 1.45. The van der Waals surface area contributed by atoms with Crippen LogP contribution in [0.1, 0.15) is 18.9 Å². The van der Waals surface area contributed by atoms with Crippen molar-refractivity contribution in [3.63, 3.8) is 0 Å². The number of hydrogen-bond donors (Lipinski definition) is 1. The van der Waals surface area contributed by atoms with Crippen LogP contribution in [-0.2, 0) is 16.0 Å². The Morgan fingerprint density at radius 2 is 2.00 bits per heavy atom. The summed E-state index contributed by atoms with van der Waals surface area (Å²) in [6.45, 7) is 2.79. The third-order valence-electron chi connectivity index (χ3n) is 4.62. The SMILES string of the molecule is C#CCOc1ccc(CCNC(=O)CCN2C(=O)C(C)Oc3ccccc32)cc1. The van der Waals surface area contributed by atoms with Crippen molar-refractivity contribution in [1.29, 1.82) is 0 Å². The molecule has 0 aliphatic carbocycles. The zero-order valence-electron chi connectivity index (χ0n) is 16.4. The summed E-state index contributed by atoms with van der Waals surface area (Å²) in [5.41, 5.74) is 1.79. The van der Waals surface area contributed by atoms with E-state index in [-0.39, 0.29) is 24.8 Å². The quantitative estimate of drug-likeness (QED) is 0.701. The fourth-order valence-electron chi connectivity index (χ4n) is 3.11. The number of rotatable bonds is 8. The highest BCUT2D eigenvalue weighted by Crippen LogP contribution is 2.33. The summed E-state index contributed by atoms with van der Waals surface area (Å²) in [6.07, 6.45) is 5.55. The van der Waals surface area contributed by atoms with Gasteiger partial charge in [-0.05, 0) is 43.2 Å². The second kappa shape index (κ2) is 9.65. The molecule has 1 aliphatic heterocycles. The summed E-state index contributed by atoms with van der Waals surface area (Å²) >= 11 is 0. The van der Waals surface area contributed by atoms with Crippen LogP contribution in [0.4, 0.5) is 5.69 Å². The predicted molar refractivity (Wildman–Crippen MR) is 111 cm³/mol. The van der Waals surface area contributed by atoms with Crippen molar-refractivity contribution in [2.24, 2.45) is 0 Å². The Hall–Kier alpha value is -3.46. The van der Waals surface area contributed by atoms with Crippen molar-refractivity contribution < 1.29 is 19.1 Å². The van der Waals surface area contributed by atoms with Gasteiger partial charge in [0, 0.05) is 19.5 Å². The highest BCUT2D eigenvalue weighted by atomic mass is 16.5. The maximum atomic E-state index is 12.4. The lowest BCUT2D eigenvalue weighted by Gasteiger charge is -2.32. The average Bonchev–Trinajstić information content (AvgIpc) is 2.73. The van der Waals surface area contributed by atoms with Crippen LogP contribution in [0.25, 0.3) is 0 Å². The molecule has 0 saturated heterocycles. The Bertz CT molecular complexity index is 902. The van der Waals surface area contributed by atoms with Crippen LogP contribution >= 0.6 is 0 Å². The molecule has 150 valence electrons. The second-order valence-corrected chi connectivity index (χ2v) is 6.70. The van der Waals surface area contributed by atoms with Crippen molar-refractivity contribution in [1.82, 2.24) is 5.32 Å². The highest BCUT2D eigenvalue weighted by molar-refractivity contribution is 6.00. The average molecular weight is 392 g/mol. The minimum absolute atomic E-state index is 0.0941. The van der Waals surface area contributed by atoms with Gasteiger partial charge in [-0.25, -0.2) is 0 Å². The van der Waals surface area contributed by atoms with E-state index in [4.69, 9.17) is 15.9 Å². The molecule has 1 N–H and O–H groups in total. The molecule has 3 rings (SSSR count). The number of carbonyl (C=O) groups excluding carboxylic acids is 2. The molecule has 0 radical (unpaired) electrons. The third kappa shape index (κ3) is 5.29. The van der Waals surface area contributed by atoms with Crippen molar-refractivity contribution in [2.45, 2.75) is 25.9 Å². The van der Waals surface area contributed by atoms with Gasteiger partial charge in [-0.15, -0.1) is 6.42 Å². The van der Waals surface area contributed by atoms with Gasteiger partial charge < -0.3 is 19.7 Å². The Kier molecular flexibility index (Phi) is 6.75. The summed E-state index contributed by atoms with van der Waals surface area (Å²) < 4.78 is 11.0. The molecule has 2 aromatic rings. The van der Waals surface area contributed by atoms with Crippen molar-refractivity contribution in [2.75, 3.05) is 24.6 Å². The molecule has 2 amide bonds. The van der Waals surface area contributed by atoms with Crippen LogP contribution in [-0.4, -0.2) is 37.6 Å². The first-order valence-corrected chi connectivity index (χ1v) is 9.57. The number of anilines is 1. The minimum Gasteiger partial charge on any atom is -0.481 e. The van der Waals surface area contributed by atoms with Crippen LogP contribution in [0.15, 0.2) is 48.5 Å². The first-order valence-electron chi connectivity index (χ1n) is 9.57. The number of benzene rings is 2. The van der Waals surface area contributed by atoms with E-state index in [1.807, 2.05) is 48.5 Å². The lowest BCUT2D eigenvalue weighted by atomic mass is 10.1. The molecule has 0 aromatic heterocycles. The molecule has 0 fully saturated rings. The maximum absolute atomic E-state index is 12.4. The zero-order chi connectivity index (χ0) is 20.6. The monoisotopic (exact) mass is 392 g/mol. The number of carbonyl (C=O) groups is 2. The molecule has 6 nitrogen and oxygen atoms in total. The molecule has 2 aromatic carbocycles. The Morgan fingerprint density at radius 3 is 2.76 bits per heavy atom. The van der Waals surface area contributed by atoms with Gasteiger partial charge in [0.05, 0.1) is 5.69 Å². The van der Waals surface area contributed by atoms with Crippen LogP contribution in [0.2, 0.25) is 0 Å². The maximum Gasteiger partial charge on any atom is 0.267 e. The fourth-order valence-corrected chi connectivity index (χ4v) is 3.11. The lowest BCUT2D eigenvalue weighted by molar-refractivity contribution is -0.125. The summed E-state index contributed by atoms with van der Waals surface area (Å²) in [5, 5.41) is 2.90. The van der Waals surface area contributed by atoms with Gasteiger partial charge in [-0.1, -0.05) is 30.2 Å². The summed E-state index contributed by atoms with van der Waals surface area (Å²) in [5.74, 6) is 3.58. The Labute approximate surface area is 170 Å². The minimum atomic E-state index is -0.555. The fraction of sp³-hybridized carbons (Fsp3) is 0.304. The molecular weight excluding hydrogens is 368 g/mol. The largest absolute Gasteiger partial charge is 0.481 e. The normalized spacial score (nSPS) is 15.1. The first-order chi connectivity index (χ1) is 14.1. The number of nitrogens with one attached hydrogen (secondary N) is 1. The second-order valence-electron chi connectivity index (χ2n) is 6.70. The zero-order valence-corrected chi connectivity index (χ0v) is 16.4. The van der Waals surface area contributed by atoms with Crippen LogP contribution in [0.3, 0.4) is 0 Å². The van der Waals surface area contributed by atoms with Crippen LogP contribution in [0.5, 0.6) is 11.5 Å². The molecule has 1 aliphatic rings. The molecule has 0 spiro atoms. The van der Waals surface area contributed by atoms with Gasteiger partial charge in [-0.3, -0.25) is 9.59 Å². The standard InChI is InChI=1S/C23H24N2O4/c1-3-16-28-19-10-8-18(9-11-19)12-14-24-22(26)13-15-25-20-6-4-5-7-21(20)29-17(2)23(25)27/h1,4-11,17H,12-16H2,2H3,(H,24,26). The number of amides is 2. The predicted octanol–water partition coefficient (Wildman–Crippen LogP) is 2.56. The molecule has 6 heteroatoms. The van der Waals surface area contributed by atoms with Crippen LogP contribution in [0, 0.1) is 12.3 Å². The van der Waals surface area contributed by atoms with Gasteiger partial charge in [0.25, 0.3) is 5.91 Å². The summed E-state index contributed by atoms with van der Waals surface area (Å²) in [6, 6.07) is 15.0. The van der Waals surface area contributed by atoms with E-state index in [0.29, 0.717) is 30.9 Å². The molecule has 1 atom stereocenters. The van der Waals surface area contributed by atoms with E-state index < -0.39 is 6.10 Å². The van der Waals surface area contributed by atoms with E-state index in [9.17, 15) is 9.59 Å². The topological polar surface area (TPSA) is 67.9 Å². The molecule has 29 heavy (non-hydrogen) atoms. The van der Waals surface area contributed by atoms with Crippen molar-refractivity contribution in [3.8, 4) is 23.8 Å². The van der Waals surface area contributed by atoms with E-state index in [1.165, 1.54) is 0 Å². The summed E-state index contributed by atoms with van der Waals surface area (Å²) in [7, 11) is 0. The number of para-hydroxylation sites is 2. The van der Waals surface area contributed by atoms with Crippen molar-refractivity contribution >= 4 is 17.5 Å². The number of fused-ring (bicyclic) bond motifs is 1. The molecule has 0 bridgehead atoms. The lowest BCUT2D eigenvalue weighted by Crippen LogP contribution is -2.45. The third-order valence-corrected chi connectivity index (χ3v) is 4.62. The molecular formula is C23H24N2O4. The smallest absolute Gasteiger partial charge is 0.267 e. The van der Waals surface area contributed by atoms with Gasteiger partial charge in [0.2, 0.25) is 5.91 Å². The number of ether oxygens (including phenoxy) is 2. The van der Waals surface area contributed by atoms with Crippen LogP contribution < -0.4 is 19.7 Å². The molecule has 0 saturated carbocycles. The number of terminal acetylenes is 1. The number of nitrogens with zero attached hydrogens (tertiary/aromatic N) is 1. The van der Waals surface area contributed by atoms with Gasteiger partial charge in [-0.2, -0.15) is 0 Å². The first kappa shape index (κ1) is 20.3. The van der Waals surface area contributed by atoms with Gasteiger partial charge in [0.15, 0.2) is 6.10 Å². The van der Waals surface area contributed by atoms with Gasteiger partial charge in [0.1, 0.15) is 18.1 Å². The van der Waals surface area contributed by atoms with E-state index >= 15 is 0 Å². The van der Waals surface area contributed by atoms with Gasteiger partial charge >= 0.3 is 0 Å².